The maximum atomic E-state index is 13.5. The quantitative estimate of drug-likeness (QED) is 0.801. The number of likely N-dealkylation sites (tertiary alicyclic amines) is 1. The first kappa shape index (κ1) is 20.6. The molecule has 1 saturated heterocycles. The monoisotopic (exact) mass is 411 g/mol. The largest absolute Gasteiger partial charge is 0.417 e. The lowest BCUT2D eigenvalue weighted by Crippen LogP contribution is -2.36. The van der Waals surface area contributed by atoms with Gasteiger partial charge in [0.05, 0.1) is 17.2 Å². The molecule has 1 aliphatic carbocycles. The SMILES string of the molecule is N#Cc1ccc(/C=C\[C@@H]2c3ccccc3CC2N2CC[C@H](CN)C2)c(C(F)(F)F)c1. The van der Waals surface area contributed by atoms with Crippen molar-refractivity contribution in [3.63, 3.8) is 0 Å². The summed E-state index contributed by atoms with van der Waals surface area (Å²) in [6.07, 6.45) is 0.918. The lowest BCUT2D eigenvalue weighted by molar-refractivity contribution is -0.137. The Labute approximate surface area is 174 Å². The van der Waals surface area contributed by atoms with Gasteiger partial charge in [0, 0.05) is 18.5 Å². The second-order valence-electron chi connectivity index (χ2n) is 8.15. The number of hydrogen-bond acceptors (Lipinski definition) is 3. The van der Waals surface area contributed by atoms with E-state index in [0.29, 0.717) is 12.5 Å². The van der Waals surface area contributed by atoms with Crippen LogP contribution < -0.4 is 5.73 Å². The van der Waals surface area contributed by atoms with Gasteiger partial charge in [-0.2, -0.15) is 18.4 Å². The molecule has 1 aliphatic heterocycles. The summed E-state index contributed by atoms with van der Waals surface area (Å²) in [5.74, 6) is 0.503. The number of rotatable bonds is 4. The Morgan fingerprint density at radius 1 is 1.20 bits per heavy atom. The van der Waals surface area contributed by atoms with Crippen molar-refractivity contribution in [2.45, 2.75) is 31.0 Å². The van der Waals surface area contributed by atoms with Crippen molar-refractivity contribution in [2.75, 3.05) is 19.6 Å². The van der Waals surface area contributed by atoms with Crippen LogP contribution in [0.5, 0.6) is 0 Å². The predicted molar refractivity (Wildman–Crippen MR) is 111 cm³/mol. The minimum atomic E-state index is -4.51. The summed E-state index contributed by atoms with van der Waals surface area (Å²) in [7, 11) is 0. The van der Waals surface area contributed by atoms with Gasteiger partial charge in [0.2, 0.25) is 0 Å². The first-order chi connectivity index (χ1) is 14.4. The van der Waals surface area contributed by atoms with E-state index in [1.54, 1.807) is 12.1 Å². The van der Waals surface area contributed by atoms with Crippen molar-refractivity contribution >= 4 is 6.08 Å². The number of fused-ring (bicyclic) bond motifs is 1. The summed E-state index contributed by atoms with van der Waals surface area (Å²) in [6.45, 7) is 2.57. The van der Waals surface area contributed by atoms with Crippen LogP contribution in [0.15, 0.2) is 48.5 Å². The Hall–Kier alpha value is -2.62. The Bertz CT molecular complexity index is 990. The van der Waals surface area contributed by atoms with Crippen LogP contribution in [0.4, 0.5) is 13.2 Å². The van der Waals surface area contributed by atoms with E-state index < -0.39 is 11.7 Å². The van der Waals surface area contributed by atoms with E-state index in [1.165, 1.54) is 23.3 Å². The van der Waals surface area contributed by atoms with Crippen molar-refractivity contribution in [3.8, 4) is 6.07 Å². The molecule has 2 aromatic carbocycles. The smallest absolute Gasteiger partial charge is 0.330 e. The summed E-state index contributed by atoms with van der Waals surface area (Å²) in [5.41, 5.74) is 7.61. The summed E-state index contributed by atoms with van der Waals surface area (Å²) in [6, 6.07) is 13.9. The Balaban J connectivity index is 1.68. The zero-order valence-electron chi connectivity index (χ0n) is 16.6. The topological polar surface area (TPSA) is 53.0 Å². The van der Waals surface area contributed by atoms with Crippen LogP contribution in [0.1, 0.15) is 40.2 Å². The lowest BCUT2D eigenvalue weighted by atomic mass is 9.94. The van der Waals surface area contributed by atoms with Crippen LogP contribution in [0.2, 0.25) is 0 Å². The number of benzene rings is 2. The molecule has 0 aromatic heterocycles. The molecular weight excluding hydrogens is 387 g/mol. The normalized spacial score (nSPS) is 24.3. The number of nitrogens with zero attached hydrogens (tertiary/aromatic N) is 2. The summed E-state index contributed by atoms with van der Waals surface area (Å²) in [4.78, 5) is 2.44. The highest BCUT2D eigenvalue weighted by Gasteiger charge is 2.38. The molecule has 0 spiro atoms. The van der Waals surface area contributed by atoms with Gasteiger partial charge < -0.3 is 5.73 Å². The van der Waals surface area contributed by atoms with E-state index in [1.807, 2.05) is 18.2 Å². The molecule has 2 aliphatic rings. The maximum Gasteiger partial charge on any atom is 0.417 e. The van der Waals surface area contributed by atoms with E-state index in [0.717, 1.165) is 32.0 Å². The van der Waals surface area contributed by atoms with Gasteiger partial charge in [-0.25, -0.2) is 0 Å². The molecule has 0 saturated carbocycles. The fraction of sp³-hybridized carbons (Fsp3) is 0.375. The zero-order valence-corrected chi connectivity index (χ0v) is 16.6. The average Bonchev–Trinajstić information content (AvgIpc) is 3.36. The van der Waals surface area contributed by atoms with Gasteiger partial charge in [-0.3, -0.25) is 4.90 Å². The highest BCUT2D eigenvalue weighted by atomic mass is 19.4. The van der Waals surface area contributed by atoms with Crippen LogP contribution in [0, 0.1) is 17.2 Å². The van der Waals surface area contributed by atoms with Gasteiger partial charge in [-0.15, -0.1) is 0 Å². The van der Waals surface area contributed by atoms with Gasteiger partial charge in [0.1, 0.15) is 0 Å². The van der Waals surface area contributed by atoms with Crippen molar-refractivity contribution in [1.82, 2.24) is 4.90 Å². The number of hydrogen-bond donors (Lipinski definition) is 1. The van der Waals surface area contributed by atoms with Crippen molar-refractivity contribution in [1.29, 1.82) is 5.26 Å². The summed E-state index contributed by atoms with van der Waals surface area (Å²) < 4.78 is 40.6. The van der Waals surface area contributed by atoms with Crippen LogP contribution >= 0.6 is 0 Å². The van der Waals surface area contributed by atoms with Crippen LogP contribution in [-0.2, 0) is 12.6 Å². The second-order valence-corrected chi connectivity index (χ2v) is 8.15. The molecule has 1 fully saturated rings. The third-order valence-electron chi connectivity index (χ3n) is 6.35. The maximum absolute atomic E-state index is 13.5. The van der Waals surface area contributed by atoms with Crippen molar-refractivity contribution < 1.29 is 13.2 Å². The molecule has 30 heavy (non-hydrogen) atoms. The molecule has 1 unspecified atom stereocenters. The highest BCUT2D eigenvalue weighted by Crippen LogP contribution is 2.40. The first-order valence-corrected chi connectivity index (χ1v) is 10.2. The van der Waals surface area contributed by atoms with E-state index in [9.17, 15) is 13.2 Å². The fourth-order valence-corrected chi connectivity index (χ4v) is 4.77. The van der Waals surface area contributed by atoms with Gasteiger partial charge in [-0.1, -0.05) is 42.5 Å². The summed E-state index contributed by atoms with van der Waals surface area (Å²) in [5, 5.41) is 8.98. The van der Waals surface area contributed by atoms with Gasteiger partial charge in [-0.05, 0) is 60.7 Å². The average molecular weight is 411 g/mol. The molecule has 0 radical (unpaired) electrons. The molecule has 1 heterocycles. The second kappa shape index (κ2) is 8.25. The molecule has 3 atom stereocenters. The van der Waals surface area contributed by atoms with Crippen LogP contribution in [-0.4, -0.2) is 30.6 Å². The molecular formula is C24H24F3N3. The van der Waals surface area contributed by atoms with Crippen LogP contribution in [0.25, 0.3) is 6.08 Å². The van der Waals surface area contributed by atoms with E-state index in [4.69, 9.17) is 11.0 Å². The molecule has 0 bridgehead atoms. The Kier molecular flexibility index (Phi) is 5.68. The molecule has 3 nitrogen and oxygen atoms in total. The minimum absolute atomic E-state index is 0.00783. The molecule has 0 amide bonds. The molecule has 4 rings (SSSR count). The van der Waals surface area contributed by atoms with Gasteiger partial charge >= 0.3 is 6.18 Å². The number of nitrogens with two attached hydrogens (primary N) is 1. The van der Waals surface area contributed by atoms with Crippen molar-refractivity contribution in [3.05, 3.63) is 76.4 Å². The Morgan fingerprint density at radius 2 is 2.00 bits per heavy atom. The van der Waals surface area contributed by atoms with Crippen molar-refractivity contribution in [2.24, 2.45) is 11.7 Å². The molecule has 6 heteroatoms. The van der Waals surface area contributed by atoms with E-state index >= 15 is 0 Å². The predicted octanol–water partition coefficient (Wildman–Crippen LogP) is 4.58. The van der Waals surface area contributed by atoms with Gasteiger partial charge in [0.25, 0.3) is 0 Å². The lowest BCUT2D eigenvalue weighted by Gasteiger charge is -2.28. The third-order valence-corrected chi connectivity index (χ3v) is 6.35. The highest BCUT2D eigenvalue weighted by molar-refractivity contribution is 5.59. The van der Waals surface area contributed by atoms with Crippen LogP contribution in [0.3, 0.4) is 0 Å². The number of alkyl halides is 3. The number of halogens is 3. The standard InChI is InChI=1S/C24H24F3N3/c25-24(26,27)22-11-16(13-28)5-6-18(22)7-8-21-20-4-2-1-3-19(20)12-23(21)30-10-9-17(14-29)15-30/h1-8,11,17,21,23H,9-10,12,14-15,29H2/b8-7-/t17-,21-,23?/m1/s1. The summed E-state index contributed by atoms with van der Waals surface area (Å²) >= 11 is 0. The number of nitriles is 1. The third kappa shape index (κ3) is 4.00. The zero-order chi connectivity index (χ0) is 21.3. The first-order valence-electron chi connectivity index (χ1n) is 10.2. The van der Waals surface area contributed by atoms with E-state index in [-0.39, 0.29) is 23.1 Å². The fourth-order valence-electron chi connectivity index (χ4n) is 4.77. The Morgan fingerprint density at radius 3 is 2.70 bits per heavy atom. The minimum Gasteiger partial charge on any atom is -0.330 e. The molecule has 2 N–H and O–H groups in total. The molecule has 2 aromatic rings. The van der Waals surface area contributed by atoms with Gasteiger partial charge in [0.15, 0.2) is 0 Å². The molecule has 156 valence electrons. The van der Waals surface area contributed by atoms with E-state index in [2.05, 4.69) is 17.0 Å².